The number of nitrogens with one attached hydrogen (secondary N) is 1. The van der Waals surface area contributed by atoms with Gasteiger partial charge in [0, 0.05) is 34.2 Å². The lowest BCUT2D eigenvalue weighted by Crippen LogP contribution is -2.25. The molecule has 0 spiro atoms. The Hall–Kier alpha value is -1.66. The van der Waals surface area contributed by atoms with Gasteiger partial charge in [0.05, 0.1) is 11.6 Å². The molecule has 2 rings (SSSR count). The molecule has 0 aliphatic carbocycles. The Morgan fingerprint density at radius 2 is 2.17 bits per heavy atom. The Labute approximate surface area is 106 Å². The van der Waals surface area contributed by atoms with Gasteiger partial charge in [-0.2, -0.15) is 0 Å². The van der Waals surface area contributed by atoms with Crippen molar-refractivity contribution in [3.63, 3.8) is 0 Å². The molecule has 6 heteroatoms. The molecule has 18 heavy (non-hydrogen) atoms. The smallest absolute Gasteiger partial charge is 0.179 e. The maximum Gasteiger partial charge on any atom is 0.179 e. The van der Waals surface area contributed by atoms with Gasteiger partial charge >= 0.3 is 0 Å². The van der Waals surface area contributed by atoms with Crippen LogP contribution in [0, 0.1) is 0 Å². The largest absolute Gasteiger partial charge is 0.380 e. The highest BCUT2D eigenvalue weighted by atomic mass is 16.5. The van der Waals surface area contributed by atoms with E-state index in [-0.39, 0.29) is 6.10 Å². The Balaban J connectivity index is 2.26. The molecule has 0 saturated carbocycles. The molecule has 6 nitrogen and oxygen atoms in total. The highest BCUT2D eigenvalue weighted by molar-refractivity contribution is 5.73. The van der Waals surface area contributed by atoms with Crippen LogP contribution < -0.4 is 10.6 Å². The van der Waals surface area contributed by atoms with E-state index in [0.717, 1.165) is 22.8 Å². The van der Waals surface area contributed by atoms with E-state index in [0.29, 0.717) is 13.0 Å². The average molecular weight is 249 g/mol. The van der Waals surface area contributed by atoms with E-state index in [4.69, 9.17) is 10.5 Å². The number of aromatic amines is 1. The first-order valence-corrected chi connectivity index (χ1v) is 5.90. The molecule has 3 N–H and O–H groups in total. The standard InChI is InChI=1S/C12H19N5O/c1-17(2)11-5-4-9-12(16-11)15-10(14-9)6-8(7-13)18-3/h4-5,8H,6-7,13H2,1-3H3,(H,14,15,16). The number of rotatable bonds is 5. The lowest BCUT2D eigenvalue weighted by Gasteiger charge is -2.09. The van der Waals surface area contributed by atoms with Crippen molar-refractivity contribution >= 4 is 17.0 Å². The van der Waals surface area contributed by atoms with E-state index in [2.05, 4.69) is 15.0 Å². The van der Waals surface area contributed by atoms with E-state index in [9.17, 15) is 0 Å². The number of H-pyrrole nitrogens is 1. The second-order valence-corrected chi connectivity index (χ2v) is 4.42. The molecule has 0 bridgehead atoms. The molecule has 1 atom stereocenters. The van der Waals surface area contributed by atoms with Crippen molar-refractivity contribution in [2.24, 2.45) is 5.73 Å². The minimum atomic E-state index is -0.0149. The summed E-state index contributed by atoms with van der Waals surface area (Å²) in [5, 5.41) is 0. The fourth-order valence-corrected chi connectivity index (χ4v) is 1.76. The zero-order valence-corrected chi connectivity index (χ0v) is 11.0. The van der Waals surface area contributed by atoms with Gasteiger partial charge in [-0.1, -0.05) is 0 Å². The third-order valence-electron chi connectivity index (χ3n) is 2.86. The number of nitrogens with zero attached hydrogens (tertiary/aromatic N) is 3. The third kappa shape index (κ3) is 2.60. The summed E-state index contributed by atoms with van der Waals surface area (Å²) in [7, 11) is 5.57. The first-order valence-electron chi connectivity index (χ1n) is 5.90. The van der Waals surface area contributed by atoms with Crippen LogP contribution in [-0.2, 0) is 11.2 Å². The van der Waals surface area contributed by atoms with E-state index in [1.54, 1.807) is 7.11 Å². The number of anilines is 1. The van der Waals surface area contributed by atoms with Crippen LogP contribution in [0.15, 0.2) is 12.1 Å². The van der Waals surface area contributed by atoms with Crippen LogP contribution in [0.1, 0.15) is 5.82 Å². The maximum absolute atomic E-state index is 5.60. The second-order valence-electron chi connectivity index (χ2n) is 4.42. The summed E-state index contributed by atoms with van der Waals surface area (Å²) in [5.74, 6) is 1.74. The average Bonchev–Trinajstić information content (AvgIpc) is 2.76. The Kier molecular flexibility index (Phi) is 3.78. The van der Waals surface area contributed by atoms with Gasteiger partial charge in [-0.15, -0.1) is 0 Å². The molecule has 0 aromatic carbocycles. The number of hydrogen-bond acceptors (Lipinski definition) is 5. The van der Waals surface area contributed by atoms with Crippen molar-refractivity contribution < 1.29 is 4.74 Å². The van der Waals surface area contributed by atoms with Gasteiger partial charge in [0.25, 0.3) is 0 Å². The summed E-state index contributed by atoms with van der Waals surface area (Å²) in [5.41, 5.74) is 7.26. The van der Waals surface area contributed by atoms with Gasteiger partial charge < -0.3 is 20.4 Å². The fraction of sp³-hybridized carbons (Fsp3) is 0.500. The summed E-state index contributed by atoms with van der Waals surface area (Å²) < 4.78 is 5.25. The molecule has 98 valence electrons. The van der Waals surface area contributed by atoms with Crippen LogP contribution in [0.2, 0.25) is 0 Å². The molecule has 2 heterocycles. The van der Waals surface area contributed by atoms with Gasteiger partial charge in [0.15, 0.2) is 5.65 Å². The molecule has 0 amide bonds. The molecule has 0 fully saturated rings. The van der Waals surface area contributed by atoms with E-state index < -0.39 is 0 Å². The Bertz CT molecular complexity index is 518. The second kappa shape index (κ2) is 5.32. The zero-order chi connectivity index (χ0) is 13.1. The lowest BCUT2D eigenvalue weighted by atomic mass is 10.2. The van der Waals surface area contributed by atoms with E-state index in [1.807, 2.05) is 31.1 Å². The summed E-state index contributed by atoms with van der Waals surface area (Å²) in [6.45, 7) is 0.476. The number of aromatic nitrogens is 3. The predicted molar refractivity (Wildman–Crippen MR) is 71.8 cm³/mol. The SMILES string of the molecule is COC(CN)Cc1nc2nc(N(C)C)ccc2[nH]1. The van der Waals surface area contributed by atoms with E-state index >= 15 is 0 Å². The van der Waals surface area contributed by atoms with Crippen molar-refractivity contribution in [3.05, 3.63) is 18.0 Å². The first kappa shape index (κ1) is 12.8. The summed E-state index contributed by atoms with van der Waals surface area (Å²) >= 11 is 0. The van der Waals surface area contributed by atoms with Crippen LogP contribution in [-0.4, -0.2) is 48.8 Å². The maximum atomic E-state index is 5.60. The molecule has 0 saturated heterocycles. The van der Waals surface area contributed by atoms with Crippen molar-refractivity contribution in [3.8, 4) is 0 Å². The quantitative estimate of drug-likeness (QED) is 0.808. The minimum Gasteiger partial charge on any atom is -0.380 e. The van der Waals surface area contributed by atoms with Gasteiger partial charge in [-0.05, 0) is 12.1 Å². The number of pyridine rings is 1. The predicted octanol–water partition coefficient (Wildman–Crippen LogP) is 0.540. The Morgan fingerprint density at radius 1 is 1.39 bits per heavy atom. The molecule has 0 radical (unpaired) electrons. The van der Waals surface area contributed by atoms with Crippen LogP contribution >= 0.6 is 0 Å². The highest BCUT2D eigenvalue weighted by Crippen LogP contribution is 2.15. The van der Waals surface area contributed by atoms with Crippen LogP contribution in [0.25, 0.3) is 11.2 Å². The van der Waals surface area contributed by atoms with Gasteiger partial charge in [0.1, 0.15) is 11.6 Å². The topological polar surface area (TPSA) is 80.1 Å². The lowest BCUT2D eigenvalue weighted by molar-refractivity contribution is 0.108. The number of nitrogens with two attached hydrogens (primary N) is 1. The molecule has 0 aliphatic heterocycles. The van der Waals surface area contributed by atoms with Gasteiger partial charge in [-0.25, -0.2) is 9.97 Å². The van der Waals surface area contributed by atoms with Crippen LogP contribution in [0.5, 0.6) is 0 Å². The van der Waals surface area contributed by atoms with Crippen molar-refractivity contribution in [1.29, 1.82) is 0 Å². The van der Waals surface area contributed by atoms with Crippen LogP contribution in [0.3, 0.4) is 0 Å². The summed E-state index contributed by atoms with van der Waals surface area (Å²) in [6.07, 6.45) is 0.652. The molecular formula is C12H19N5O. The molecule has 2 aromatic rings. The van der Waals surface area contributed by atoms with Crippen molar-refractivity contribution in [1.82, 2.24) is 15.0 Å². The monoisotopic (exact) mass is 249 g/mol. The molecular weight excluding hydrogens is 230 g/mol. The third-order valence-corrected chi connectivity index (χ3v) is 2.86. The fourth-order valence-electron chi connectivity index (χ4n) is 1.76. The molecule has 2 aromatic heterocycles. The van der Waals surface area contributed by atoms with Crippen molar-refractivity contribution in [2.75, 3.05) is 32.6 Å². The number of methoxy groups -OCH3 is 1. The minimum absolute atomic E-state index is 0.0149. The highest BCUT2D eigenvalue weighted by Gasteiger charge is 2.11. The number of imidazole rings is 1. The van der Waals surface area contributed by atoms with Gasteiger partial charge in [-0.3, -0.25) is 0 Å². The van der Waals surface area contributed by atoms with E-state index in [1.165, 1.54) is 0 Å². The molecule has 1 unspecified atom stereocenters. The van der Waals surface area contributed by atoms with Crippen LogP contribution in [0.4, 0.5) is 5.82 Å². The van der Waals surface area contributed by atoms with Crippen molar-refractivity contribution in [2.45, 2.75) is 12.5 Å². The Morgan fingerprint density at radius 3 is 2.78 bits per heavy atom. The summed E-state index contributed by atoms with van der Waals surface area (Å²) in [6, 6.07) is 3.94. The van der Waals surface area contributed by atoms with Gasteiger partial charge in [0.2, 0.25) is 0 Å². The first-order chi connectivity index (χ1) is 8.63. The summed E-state index contributed by atoms with van der Waals surface area (Å²) in [4.78, 5) is 14.1. The number of hydrogen-bond donors (Lipinski definition) is 2. The molecule has 0 aliphatic rings. The normalized spacial score (nSPS) is 12.9. The number of ether oxygens (including phenoxy) is 1. The number of fused-ring (bicyclic) bond motifs is 1. The zero-order valence-electron chi connectivity index (χ0n) is 11.0.